The highest BCUT2D eigenvalue weighted by Gasteiger charge is 2.21. The van der Waals surface area contributed by atoms with Crippen LogP contribution in [0.2, 0.25) is 0 Å². The van der Waals surface area contributed by atoms with E-state index in [0.717, 1.165) is 32.0 Å². The average molecular weight is 276 g/mol. The third-order valence-corrected chi connectivity index (χ3v) is 4.44. The molecule has 1 aliphatic heterocycles. The molecule has 3 nitrogen and oxygen atoms in total. The van der Waals surface area contributed by atoms with Gasteiger partial charge in [0.05, 0.1) is 0 Å². The van der Waals surface area contributed by atoms with Gasteiger partial charge in [0.25, 0.3) is 0 Å². The molecular weight excluding hydrogens is 248 g/mol. The number of para-hydroxylation sites is 1. The molecular formula is C17H28N2O. The van der Waals surface area contributed by atoms with Crippen LogP contribution in [0.3, 0.4) is 0 Å². The molecule has 112 valence electrons. The molecule has 1 aliphatic rings. The largest absolute Gasteiger partial charge is 0.492 e. The molecule has 1 heterocycles. The van der Waals surface area contributed by atoms with Crippen molar-refractivity contribution in [1.29, 1.82) is 0 Å². The Morgan fingerprint density at radius 2 is 1.85 bits per heavy atom. The van der Waals surface area contributed by atoms with E-state index in [-0.39, 0.29) is 0 Å². The van der Waals surface area contributed by atoms with E-state index in [0.29, 0.717) is 12.0 Å². The van der Waals surface area contributed by atoms with Crippen LogP contribution in [-0.4, -0.2) is 37.2 Å². The van der Waals surface area contributed by atoms with Crippen molar-refractivity contribution in [1.82, 2.24) is 4.90 Å². The van der Waals surface area contributed by atoms with Crippen molar-refractivity contribution in [2.75, 3.05) is 26.2 Å². The second-order valence-electron chi connectivity index (χ2n) is 6.11. The van der Waals surface area contributed by atoms with Crippen LogP contribution in [0.15, 0.2) is 18.2 Å². The molecule has 2 rings (SSSR count). The Bertz CT molecular complexity index is 403. The second kappa shape index (κ2) is 7.09. The van der Waals surface area contributed by atoms with E-state index < -0.39 is 0 Å². The van der Waals surface area contributed by atoms with Crippen LogP contribution < -0.4 is 10.5 Å². The first-order valence-corrected chi connectivity index (χ1v) is 7.75. The monoisotopic (exact) mass is 276 g/mol. The molecule has 0 radical (unpaired) electrons. The number of hydrogen-bond donors (Lipinski definition) is 1. The highest BCUT2D eigenvalue weighted by Crippen LogP contribution is 2.23. The number of likely N-dealkylation sites (tertiary alicyclic amines) is 1. The van der Waals surface area contributed by atoms with Crippen LogP contribution in [0.4, 0.5) is 0 Å². The van der Waals surface area contributed by atoms with Crippen molar-refractivity contribution in [2.24, 2.45) is 11.7 Å². The molecule has 1 unspecified atom stereocenters. The predicted molar refractivity (Wildman–Crippen MR) is 84.2 cm³/mol. The van der Waals surface area contributed by atoms with Crippen molar-refractivity contribution in [3.05, 3.63) is 29.3 Å². The lowest BCUT2D eigenvalue weighted by Gasteiger charge is -2.33. The van der Waals surface area contributed by atoms with Gasteiger partial charge in [-0.15, -0.1) is 0 Å². The Morgan fingerprint density at radius 3 is 2.40 bits per heavy atom. The Morgan fingerprint density at radius 1 is 1.25 bits per heavy atom. The summed E-state index contributed by atoms with van der Waals surface area (Å²) in [7, 11) is 0. The molecule has 0 amide bonds. The fourth-order valence-corrected chi connectivity index (χ4v) is 3.01. The van der Waals surface area contributed by atoms with Crippen LogP contribution >= 0.6 is 0 Å². The van der Waals surface area contributed by atoms with Crippen molar-refractivity contribution < 1.29 is 4.74 Å². The highest BCUT2D eigenvalue weighted by molar-refractivity contribution is 5.39. The summed E-state index contributed by atoms with van der Waals surface area (Å²) in [5, 5.41) is 0. The number of benzene rings is 1. The summed E-state index contributed by atoms with van der Waals surface area (Å²) in [5.41, 5.74) is 8.42. The summed E-state index contributed by atoms with van der Waals surface area (Å²) < 4.78 is 5.98. The molecule has 0 aromatic heterocycles. The molecule has 0 saturated carbocycles. The van der Waals surface area contributed by atoms with E-state index in [2.05, 4.69) is 43.9 Å². The molecule has 1 atom stereocenters. The summed E-state index contributed by atoms with van der Waals surface area (Å²) in [5.74, 6) is 1.75. The molecule has 3 heteroatoms. The Kier molecular flexibility index (Phi) is 5.44. The van der Waals surface area contributed by atoms with E-state index in [1.165, 1.54) is 24.0 Å². The number of ether oxygens (including phenoxy) is 1. The standard InChI is InChI=1S/C17H28N2O/c1-13-5-4-6-14(2)17(13)20-12-11-19-9-7-16(8-10-19)15(3)18/h4-6,15-16H,7-12,18H2,1-3H3. The minimum absolute atomic E-state index is 0.336. The van der Waals surface area contributed by atoms with Crippen molar-refractivity contribution in [3.8, 4) is 5.75 Å². The number of rotatable bonds is 5. The first kappa shape index (κ1) is 15.3. The number of hydrogen-bond acceptors (Lipinski definition) is 3. The van der Waals surface area contributed by atoms with Crippen LogP contribution in [0.1, 0.15) is 30.9 Å². The Labute approximate surface area is 123 Å². The molecule has 1 aromatic rings. The normalized spacial score (nSPS) is 19.0. The van der Waals surface area contributed by atoms with Crippen LogP contribution in [0, 0.1) is 19.8 Å². The van der Waals surface area contributed by atoms with Gasteiger partial charge in [-0.2, -0.15) is 0 Å². The first-order chi connectivity index (χ1) is 9.58. The van der Waals surface area contributed by atoms with Crippen LogP contribution in [-0.2, 0) is 0 Å². The lowest BCUT2D eigenvalue weighted by molar-refractivity contribution is 0.146. The van der Waals surface area contributed by atoms with Gasteiger partial charge in [-0.1, -0.05) is 18.2 Å². The topological polar surface area (TPSA) is 38.5 Å². The summed E-state index contributed by atoms with van der Waals surface area (Å²) in [6, 6.07) is 6.63. The second-order valence-corrected chi connectivity index (χ2v) is 6.11. The summed E-state index contributed by atoms with van der Waals surface area (Å²) in [4.78, 5) is 2.49. The van der Waals surface area contributed by atoms with Gasteiger partial charge in [-0.25, -0.2) is 0 Å². The van der Waals surface area contributed by atoms with Crippen LogP contribution in [0.5, 0.6) is 5.75 Å². The summed E-state index contributed by atoms with van der Waals surface area (Å²) in [6.07, 6.45) is 2.45. The van der Waals surface area contributed by atoms with Gasteiger partial charge in [0.1, 0.15) is 12.4 Å². The Hall–Kier alpha value is -1.06. The zero-order valence-corrected chi connectivity index (χ0v) is 13.1. The van der Waals surface area contributed by atoms with Gasteiger partial charge < -0.3 is 10.5 Å². The summed E-state index contributed by atoms with van der Waals surface area (Å²) in [6.45, 7) is 10.4. The fourth-order valence-electron chi connectivity index (χ4n) is 3.01. The van der Waals surface area contributed by atoms with E-state index in [1.807, 2.05) is 0 Å². The Balaban J connectivity index is 1.74. The van der Waals surface area contributed by atoms with E-state index in [1.54, 1.807) is 0 Å². The van der Waals surface area contributed by atoms with E-state index in [4.69, 9.17) is 10.5 Å². The average Bonchev–Trinajstić information content (AvgIpc) is 2.42. The molecule has 1 fully saturated rings. The first-order valence-electron chi connectivity index (χ1n) is 7.75. The third kappa shape index (κ3) is 3.97. The maximum absolute atomic E-state index is 5.98. The molecule has 2 N–H and O–H groups in total. The van der Waals surface area contributed by atoms with Crippen molar-refractivity contribution in [2.45, 2.75) is 39.7 Å². The SMILES string of the molecule is Cc1cccc(C)c1OCCN1CCC(C(C)N)CC1. The lowest BCUT2D eigenvalue weighted by Crippen LogP contribution is -2.41. The van der Waals surface area contributed by atoms with E-state index >= 15 is 0 Å². The van der Waals surface area contributed by atoms with Crippen molar-refractivity contribution >= 4 is 0 Å². The lowest BCUT2D eigenvalue weighted by atomic mass is 9.91. The molecule has 0 spiro atoms. The minimum atomic E-state index is 0.336. The highest BCUT2D eigenvalue weighted by atomic mass is 16.5. The summed E-state index contributed by atoms with van der Waals surface area (Å²) >= 11 is 0. The zero-order valence-electron chi connectivity index (χ0n) is 13.1. The molecule has 0 aliphatic carbocycles. The smallest absolute Gasteiger partial charge is 0.125 e. The van der Waals surface area contributed by atoms with Gasteiger partial charge in [-0.3, -0.25) is 4.90 Å². The molecule has 1 aromatic carbocycles. The zero-order chi connectivity index (χ0) is 14.5. The predicted octanol–water partition coefficient (Wildman–Crippen LogP) is 2.74. The van der Waals surface area contributed by atoms with Gasteiger partial charge in [0, 0.05) is 12.6 Å². The van der Waals surface area contributed by atoms with Gasteiger partial charge in [-0.05, 0) is 63.7 Å². The van der Waals surface area contributed by atoms with E-state index in [9.17, 15) is 0 Å². The van der Waals surface area contributed by atoms with Gasteiger partial charge in [0.15, 0.2) is 0 Å². The maximum Gasteiger partial charge on any atom is 0.125 e. The number of aryl methyl sites for hydroxylation is 2. The van der Waals surface area contributed by atoms with Gasteiger partial charge >= 0.3 is 0 Å². The number of nitrogens with two attached hydrogens (primary N) is 1. The third-order valence-electron chi connectivity index (χ3n) is 4.44. The fraction of sp³-hybridized carbons (Fsp3) is 0.647. The van der Waals surface area contributed by atoms with Crippen LogP contribution in [0.25, 0.3) is 0 Å². The molecule has 1 saturated heterocycles. The van der Waals surface area contributed by atoms with Crippen molar-refractivity contribution in [3.63, 3.8) is 0 Å². The molecule has 0 bridgehead atoms. The van der Waals surface area contributed by atoms with Gasteiger partial charge in [0.2, 0.25) is 0 Å². The minimum Gasteiger partial charge on any atom is -0.492 e. The number of nitrogens with zero attached hydrogens (tertiary/aromatic N) is 1. The maximum atomic E-state index is 5.98. The number of piperidine rings is 1. The molecule has 20 heavy (non-hydrogen) atoms. The quantitative estimate of drug-likeness (QED) is 0.898.